The van der Waals surface area contributed by atoms with Crippen molar-refractivity contribution in [3.8, 4) is 17.4 Å². The summed E-state index contributed by atoms with van der Waals surface area (Å²) in [6.07, 6.45) is 0.394. The average molecular weight is 433 g/mol. The zero-order chi connectivity index (χ0) is 22.5. The Hall–Kier alpha value is -3.61. The third-order valence-corrected chi connectivity index (χ3v) is 5.52. The fourth-order valence-electron chi connectivity index (χ4n) is 3.68. The van der Waals surface area contributed by atoms with Gasteiger partial charge in [-0.1, -0.05) is 29.8 Å². The predicted octanol–water partition coefficient (Wildman–Crippen LogP) is 3.79. The number of aryl methyl sites for hydroxylation is 2. The molecule has 1 aliphatic rings. The monoisotopic (exact) mass is 432 g/mol. The van der Waals surface area contributed by atoms with E-state index < -0.39 is 0 Å². The van der Waals surface area contributed by atoms with Gasteiger partial charge in [0.25, 0.3) is 0 Å². The summed E-state index contributed by atoms with van der Waals surface area (Å²) in [5.41, 5.74) is 2.17. The van der Waals surface area contributed by atoms with E-state index in [1.807, 2.05) is 73.3 Å². The summed E-state index contributed by atoms with van der Waals surface area (Å²) in [5.74, 6) is 3.67. The lowest BCUT2D eigenvalue weighted by Gasteiger charge is -2.35. The first kappa shape index (κ1) is 21.6. The normalized spacial score (nSPS) is 13.7. The van der Waals surface area contributed by atoms with E-state index in [4.69, 9.17) is 9.47 Å². The molecule has 1 fully saturated rings. The van der Waals surface area contributed by atoms with E-state index in [9.17, 15) is 4.79 Å². The predicted molar refractivity (Wildman–Crippen MR) is 124 cm³/mol. The zero-order valence-corrected chi connectivity index (χ0v) is 18.7. The minimum absolute atomic E-state index is 0.136. The average Bonchev–Trinajstić information content (AvgIpc) is 2.81. The first-order valence-electron chi connectivity index (χ1n) is 10.8. The van der Waals surface area contributed by atoms with E-state index in [2.05, 4.69) is 14.9 Å². The second-order valence-corrected chi connectivity index (χ2v) is 7.92. The van der Waals surface area contributed by atoms with E-state index in [0.29, 0.717) is 31.2 Å². The SMILES string of the molecule is COc1ccc(CC(=O)N2CCN(c3cc(Oc4ccc(C)cc4)nc(C)n3)CC2)cc1. The molecule has 4 rings (SSSR count). The topological polar surface area (TPSA) is 67.8 Å². The van der Waals surface area contributed by atoms with Gasteiger partial charge < -0.3 is 19.3 Å². The van der Waals surface area contributed by atoms with E-state index in [-0.39, 0.29) is 5.91 Å². The van der Waals surface area contributed by atoms with Crippen molar-refractivity contribution in [1.82, 2.24) is 14.9 Å². The van der Waals surface area contributed by atoms with Crippen molar-refractivity contribution in [2.24, 2.45) is 0 Å². The first-order valence-corrected chi connectivity index (χ1v) is 10.8. The highest BCUT2D eigenvalue weighted by atomic mass is 16.5. The summed E-state index contributed by atoms with van der Waals surface area (Å²) in [7, 11) is 1.64. The van der Waals surface area contributed by atoms with Gasteiger partial charge in [-0.3, -0.25) is 4.79 Å². The van der Waals surface area contributed by atoms with Crippen LogP contribution in [0.3, 0.4) is 0 Å². The van der Waals surface area contributed by atoms with Crippen LogP contribution in [0.1, 0.15) is 17.0 Å². The second-order valence-electron chi connectivity index (χ2n) is 7.92. The molecule has 32 heavy (non-hydrogen) atoms. The molecular weight excluding hydrogens is 404 g/mol. The van der Waals surface area contributed by atoms with Gasteiger partial charge in [-0.15, -0.1) is 0 Å². The Labute approximate surface area is 188 Å². The molecule has 7 heteroatoms. The summed E-state index contributed by atoms with van der Waals surface area (Å²) < 4.78 is 11.1. The number of aromatic nitrogens is 2. The molecule has 0 spiro atoms. The minimum atomic E-state index is 0.136. The van der Waals surface area contributed by atoms with Crippen LogP contribution in [0.25, 0.3) is 0 Å². The Bertz CT molecular complexity index is 1060. The summed E-state index contributed by atoms with van der Waals surface area (Å²) in [6.45, 7) is 6.65. The standard InChI is InChI=1S/C25H28N4O3/c1-18-4-8-22(9-5-18)32-24-17-23(26-19(2)27-24)28-12-14-29(15-13-28)25(30)16-20-6-10-21(31-3)11-7-20/h4-11,17H,12-16H2,1-3H3. The van der Waals surface area contributed by atoms with E-state index in [1.54, 1.807) is 7.11 Å². The lowest BCUT2D eigenvalue weighted by Crippen LogP contribution is -2.49. The molecule has 0 N–H and O–H groups in total. The molecule has 0 saturated carbocycles. The van der Waals surface area contributed by atoms with Crippen LogP contribution >= 0.6 is 0 Å². The Kier molecular flexibility index (Phi) is 6.54. The first-order chi connectivity index (χ1) is 15.5. The number of carbonyl (C=O) groups is 1. The molecule has 3 aromatic rings. The number of methoxy groups -OCH3 is 1. The van der Waals surface area contributed by atoms with Crippen molar-refractivity contribution >= 4 is 11.7 Å². The van der Waals surface area contributed by atoms with E-state index in [1.165, 1.54) is 5.56 Å². The highest BCUT2D eigenvalue weighted by molar-refractivity contribution is 5.79. The van der Waals surface area contributed by atoms with Crippen molar-refractivity contribution in [3.63, 3.8) is 0 Å². The summed E-state index contributed by atoms with van der Waals surface area (Å²) in [6, 6.07) is 17.4. The number of hydrogen-bond donors (Lipinski definition) is 0. The highest BCUT2D eigenvalue weighted by Gasteiger charge is 2.23. The third-order valence-electron chi connectivity index (χ3n) is 5.52. The fourth-order valence-corrected chi connectivity index (χ4v) is 3.68. The molecule has 0 radical (unpaired) electrons. The molecule has 1 aliphatic heterocycles. The quantitative estimate of drug-likeness (QED) is 0.591. The van der Waals surface area contributed by atoms with Crippen molar-refractivity contribution < 1.29 is 14.3 Å². The number of rotatable bonds is 6. The summed E-state index contributed by atoms with van der Waals surface area (Å²) >= 11 is 0. The van der Waals surface area contributed by atoms with Crippen LogP contribution in [0.4, 0.5) is 5.82 Å². The summed E-state index contributed by atoms with van der Waals surface area (Å²) in [4.78, 5) is 25.8. The summed E-state index contributed by atoms with van der Waals surface area (Å²) in [5, 5.41) is 0. The maximum atomic E-state index is 12.7. The van der Waals surface area contributed by atoms with Crippen LogP contribution in [0.15, 0.2) is 54.6 Å². The molecular formula is C25H28N4O3. The molecule has 166 valence electrons. The van der Waals surface area contributed by atoms with Gasteiger partial charge >= 0.3 is 0 Å². The van der Waals surface area contributed by atoms with E-state index >= 15 is 0 Å². The minimum Gasteiger partial charge on any atom is -0.497 e. The molecule has 1 amide bonds. The number of carbonyl (C=O) groups excluding carboxylic acids is 1. The molecule has 0 atom stereocenters. The van der Waals surface area contributed by atoms with Crippen molar-refractivity contribution in [2.75, 3.05) is 38.2 Å². The van der Waals surface area contributed by atoms with Crippen molar-refractivity contribution in [2.45, 2.75) is 20.3 Å². The molecule has 1 saturated heterocycles. The van der Waals surface area contributed by atoms with Gasteiger partial charge in [0.1, 0.15) is 23.1 Å². The van der Waals surface area contributed by atoms with Gasteiger partial charge in [-0.05, 0) is 43.7 Å². The smallest absolute Gasteiger partial charge is 0.227 e. The second kappa shape index (κ2) is 9.68. The van der Waals surface area contributed by atoms with Gasteiger partial charge in [0, 0.05) is 32.2 Å². The van der Waals surface area contributed by atoms with Gasteiger partial charge in [-0.25, -0.2) is 4.98 Å². The van der Waals surface area contributed by atoms with Crippen LogP contribution in [0.5, 0.6) is 17.4 Å². The van der Waals surface area contributed by atoms with Gasteiger partial charge in [0.05, 0.1) is 13.5 Å². The Morgan fingerprint density at radius 3 is 2.22 bits per heavy atom. The molecule has 0 unspecified atom stereocenters. The maximum absolute atomic E-state index is 12.7. The van der Waals surface area contributed by atoms with Crippen molar-refractivity contribution in [1.29, 1.82) is 0 Å². The van der Waals surface area contributed by atoms with Crippen LogP contribution in [0.2, 0.25) is 0 Å². The number of anilines is 1. The number of nitrogens with zero attached hydrogens (tertiary/aromatic N) is 4. The highest BCUT2D eigenvalue weighted by Crippen LogP contribution is 2.24. The molecule has 2 aromatic carbocycles. The Morgan fingerprint density at radius 1 is 0.906 bits per heavy atom. The Morgan fingerprint density at radius 2 is 1.56 bits per heavy atom. The molecule has 0 bridgehead atoms. The number of piperazine rings is 1. The largest absolute Gasteiger partial charge is 0.497 e. The number of benzene rings is 2. The van der Waals surface area contributed by atoms with Gasteiger partial charge in [0.2, 0.25) is 11.8 Å². The van der Waals surface area contributed by atoms with E-state index in [0.717, 1.165) is 36.0 Å². The molecule has 1 aromatic heterocycles. The zero-order valence-electron chi connectivity index (χ0n) is 18.7. The van der Waals surface area contributed by atoms with Gasteiger partial charge in [0.15, 0.2) is 0 Å². The molecule has 2 heterocycles. The molecule has 0 aliphatic carbocycles. The number of ether oxygens (including phenoxy) is 2. The van der Waals surface area contributed by atoms with Crippen LogP contribution in [0, 0.1) is 13.8 Å². The lowest BCUT2D eigenvalue weighted by molar-refractivity contribution is -0.130. The van der Waals surface area contributed by atoms with Crippen LogP contribution in [-0.2, 0) is 11.2 Å². The maximum Gasteiger partial charge on any atom is 0.227 e. The van der Waals surface area contributed by atoms with Crippen LogP contribution in [-0.4, -0.2) is 54.1 Å². The Balaban J connectivity index is 1.36. The number of amides is 1. The van der Waals surface area contributed by atoms with Crippen molar-refractivity contribution in [3.05, 3.63) is 71.5 Å². The third kappa shape index (κ3) is 5.35. The van der Waals surface area contributed by atoms with Gasteiger partial charge in [-0.2, -0.15) is 4.98 Å². The lowest BCUT2D eigenvalue weighted by atomic mass is 10.1. The number of hydrogen-bond acceptors (Lipinski definition) is 6. The van der Waals surface area contributed by atoms with Crippen LogP contribution < -0.4 is 14.4 Å². The fraction of sp³-hybridized carbons (Fsp3) is 0.320. The molecule has 7 nitrogen and oxygen atoms in total.